The number of aromatic nitrogens is 3. The molecule has 1 atom stereocenters. The van der Waals surface area contributed by atoms with E-state index in [1.165, 1.54) is 10.9 Å². The summed E-state index contributed by atoms with van der Waals surface area (Å²) in [6, 6.07) is 10.1. The van der Waals surface area contributed by atoms with E-state index in [2.05, 4.69) is 14.9 Å². The van der Waals surface area contributed by atoms with Crippen LogP contribution >= 0.6 is 0 Å². The predicted molar refractivity (Wildman–Crippen MR) is 103 cm³/mol. The second-order valence-electron chi connectivity index (χ2n) is 6.56. The Morgan fingerprint density at radius 1 is 1.26 bits per heavy atom. The normalized spacial score (nSPS) is 15.9. The number of nitrogens with zero attached hydrogens (tertiary/aromatic N) is 3. The molecule has 0 radical (unpaired) electrons. The average Bonchev–Trinajstić information content (AvgIpc) is 3.49. The molecule has 0 aliphatic heterocycles. The summed E-state index contributed by atoms with van der Waals surface area (Å²) >= 11 is 0. The van der Waals surface area contributed by atoms with Gasteiger partial charge in [0.25, 0.3) is 5.56 Å². The molecule has 1 aliphatic carbocycles. The van der Waals surface area contributed by atoms with Crippen molar-refractivity contribution in [1.29, 1.82) is 4.78 Å². The molecule has 4 rings (SSSR count). The predicted octanol–water partition coefficient (Wildman–Crippen LogP) is 3.65. The molecule has 2 N–H and O–H groups in total. The van der Waals surface area contributed by atoms with Gasteiger partial charge in [-0.3, -0.25) is 9.89 Å². The summed E-state index contributed by atoms with van der Waals surface area (Å²) in [5.41, 5.74) is 2.18. The van der Waals surface area contributed by atoms with Crippen molar-refractivity contribution < 1.29 is 4.21 Å². The maximum Gasteiger partial charge on any atom is 0.280 e. The molecule has 8 heteroatoms. The van der Waals surface area contributed by atoms with Crippen LogP contribution in [0.25, 0.3) is 21.8 Å². The lowest BCUT2D eigenvalue weighted by Crippen LogP contribution is -2.17. The minimum absolute atomic E-state index is 0.0781. The van der Waals surface area contributed by atoms with Gasteiger partial charge in [-0.15, -0.1) is 0 Å². The van der Waals surface area contributed by atoms with Gasteiger partial charge in [0, 0.05) is 17.1 Å². The number of rotatable bonds is 4. The topological polar surface area (TPSA) is 96.0 Å². The van der Waals surface area contributed by atoms with Crippen molar-refractivity contribution in [1.82, 2.24) is 14.8 Å². The van der Waals surface area contributed by atoms with E-state index in [9.17, 15) is 9.00 Å². The van der Waals surface area contributed by atoms with Gasteiger partial charge in [-0.1, -0.05) is 24.3 Å². The lowest BCUT2D eigenvalue weighted by Gasteiger charge is -2.06. The number of H-pyrrole nitrogens is 1. The number of aryl methyl sites for hydroxylation is 1. The fourth-order valence-corrected chi connectivity index (χ4v) is 4.69. The van der Waals surface area contributed by atoms with Crippen LogP contribution in [0.5, 0.6) is 0 Å². The molecule has 0 saturated heterocycles. The first-order valence-corrected chi connectivity index (χ1v) is 10.1. The van der Waals surface area contributed by atoms with Crippen LogP contribution in [-0.4, -0.2) is 24.2 Å². The fraction of sp³-hybridized carbons (Fsp3) is 0.211. The molecule has 0 bridgehead atoms. The number of aromatic amines is 1. The highest BCUT2D eigenvalue weighted by atomic mass is 32.2. The van der Waals surface area contributed by atoms with E-state index in [-0.39, 0.29) is 10.8 Å². The summed E-state index contributed by atoms with van der Waals surface area (Å²) in [6.07, 6.45) is 3.06. The van der Waals surface area contributed by atoms with Gasteiger partial charge in [-0.05, 0) is 37.5 Å². The van der Waals surface area contributed by atoms with Gasteiger partial charge in [-0.25, -0.2) is 23.5 Å². The Labute approximate surface area is 156 Å². The third-order valence-electron chi connectivity index (χ3n) is 4.65. The van der Waals surface area contributed by atoms with Crippen LogP contribution in [0.1, 0.15) is 18.5 Å². The molecule has 1 saturated carbocycles. The first-order chi connectivity index (χ1) is 12.9. The number of hydrogen-bond acceptors (Lipinski definition) is 4. The third-order valence-corrected chi connectivity index (χ3v) is 7.00. The van der Waals surface area contributed by atoms with E-state index < -0.39 is 9.73 Å². The van der Waals surface area contributed by atoms with E-state index in [0.717, 1.165) is 18.4 Å². The van der Waals surface area contributed by atoms with Crippen LogP contribution in [0, 0.1) is 18.3 Å². The van der Waals surface area contributed by atoms with Crippen LogP contribution < -0.4 is 5.56 Å². The van der Waals surface area contributed by atoms with Gasteiger partial charge in [0.05, 0.1) is 26.8 Å². The lowest BCUT2D eigenvalue weighted by molar-refractivity contribution is 0.673. The van der Waals surface area contributed by atoms with Crippen molar-refractivity contribution in [2.75, 3.05) is 0 Å². The van der Waals surface area contributed by atoms with E-state index in [1.54, 1.807) is 43.3 Å². The fourth-order valence-electron chi connectivity index (χ4n) is 3.03. The number of pyridine rings is 1. The molecule has 2 heterocycles. The Balaban J connectivity index is 1.73. The second-order valence-corrected chi connectivity index (χ2v) is 8.90. The van der Waals surface area contributed by atoms with E-state index in [4.69, 9.17) is 11.4 Å². The summed E-state index contributed by atoms with van der Waals surface area (Å²) in [4.78, 5) is 20.9. The average molecular weight is 379 g/mol. The molecule has 0 unspecified atom stereocenters. The highest BCUT2D eigenvalue weighted by Gasteiger charge is 2.34. The van der Waals surface area contributed by atoms with Crippen molar-refractivity contribution in [2.24, 2.45) is 0 Å². The van der Waals surface area contributed by atoms with Gasteiger partial charge in [0.15, 0.2) is 11.5 Å². The molecule has 0 amide bonds. The van der Waals surface area contributed by atoms with Crippen LogP contribution in [0.3, 0.4) is 0 Å². The smallest absolute Gasteiger partial charge is 0.280 e. The minimum Gasteiger partial charge on any atom is -0.293 e. The molecule has 1 fully saturated rings. The monoisotopic (exact) mass is 379 g/mol. The molecular weight excluding hydrogens is 362 g/mol. The second kappa shape index (κ2) is 6.21. The van der Waals surface area contributed by atoms with Gasteiger partial charge < -0.3 is 0 Å². The van der Waals surface area contributed by atoms with E-state index in [1.807, 2.05) is 0 Å². The Morgan fingerprint density at radius 3 is 2.52 bits per heavy atom. The van der Waals surface area contributed by atoms with Crippen LogP contribution in [0.2, 0.25) is 0 Å². The maximum atomic E-state index is 12.9. The molecule has 27 heavy (non-hydrogen) atoms. The summed E-state index contributed by atoms with van der Waals surface area (Å²) in [5, 5.41) is 2.93. The van der Waals surface area contributed by atoms with Crippen LogP contribution in [-0.2, 0) is 9.73 Å². The van der Waals surface area contributed by atoms with Crippen molar-refractivity contribution in [3.63, 3.8) is 0 Å². The first-order valence-electron chi connectivity index (χ1n) is 8.45. The Bertz CT molecular complexity index is 1210. The van der Waals surface area contributed by atoms with Crippen molar-refractivity contribution in [3.05, 3.63) is 70.1 Å². The summed E-state index contributed by atoms with van der Waals surface area (Å²) in [7, 11) is -2.81. The molecule has 1 aromatic carbocycles. The first kappa shape index (κ1) is 17.2. The molecule has 0 spiro atoms. The lowest BCUT2D eigenvalue weighted by atomic mass is 10.1. The van der Waals surface area contributed by atoms with Gasteiger partial charge in [0.1, 0.15) is 0 Å². The zero-order valence-corrected chi connectivity index (χ0v) is 15.4. The quantitative estimate of drug-likeness (QED) is 0.677. The van der Waals surface area contributed by atoms with Crippen molar-refractivity contribution in [2.45, 2.75) is 29.9 Å². The van der Waals surface area contributed by atoms with E-state index >= 15 is 0 Å². The number of nitrogens with one attached hydrogen (secondary N) is 2. The largest absolute Gasteiger partial charge is 0.293 e. The van der Waals surface area contributed by atoms with Crippen LogP contribution in [0.15, 0.2) is 52.3 Å². The molecule has 7 nitrogen and oxygen atoms in total. The highest BCUT2D eigenvalue weighted by molar-refractivity contribution is 7.93. The standard InChI is InChI=1S/C19H17N5O2S/c1-12-18(13-3-5-14(21-2)6-4-13)19(25)24(23-12)17-10-9-16(11-22-17)27(20,26)15-7-8-15/h3-6,9-11,15,20,23H,7-8H2,1H3/t27-/m1/s1. The van der Waals surface area contributed by atoms with Crippen molar-refractivity contribution >= 4 is 15.4 Å². The molecule has 2 aromatic heterocycles. The summed E-state index contributed by atoms with van der Waals surface area (Å²) in [6.45, 7) is 8.82. The Morgan fingerprint density at radius 2 is 1.96 bits per heavy atom. The molecule has 1 aliphatic rings. The maximum absolute atomic E-state index is 12.9. The zero-order chi connectivity index (χ0) is 19.2. The van der Waals surface area contributed by atoms with Crippen LogP contribution in [0.4, 0.5) is 5.69 Å². The molecule has 136 valence electrons. The Hall–Kier alpha value is -3.18. The van der Waals surface area contributed by atoms with Gasteiger partial charge >= 0.3 is 0 Å². The highest BCUT2D eigenvalue weighted by Crippen LogP contribution is 2.33. The molecule has 3 aromatic rings. The SMILES string of the molecule is [C-]#[N+]c1ccc(-c2c(C)[nH]n(-c3ccc([S@](=N)(=O)C4CC4)cn3)c2=O)cc1. The van der Waals surface area contributed by atoms with Gasteiger partial charge in [0.2, 0.25) is 0 Å². The van der Waals surface area contributed by atoms with Crippen molar-refractivity contribution in [3.8, 4) is 16.9 Å². The Kier molecular flexibility index (Phi) is 3.97. The summed E-state index contributed by atoms with van der Waals surface area (Å²) in [5.74, 6) is 0.377. The van der Waals surface area contributed by atoms with Gasteiger partial charge in [-0.2, -0.15) is 0 Å². The minimum atomic E-state index is -2.81. The molecular formula is C19H17N5O2S. The number of hydrogen-bond donors (Lipinski definition) is 2. The van der Waals surface area contributed by atoms with E-state index in [0.29, 0.717) is 27.7 Å². The zero-order valence-electron chi connectivity index (χ0n) is 14.6. The third kappa shape index (κ3) is 2.96. The number of benzene rings is 1. The summed E-state index contributed by atoms with van der Waals surface area (Å²) < 4.78 is 21.9.